The van der Waals surface area contributed by atoms with Gasteiger partial charge in [-0.15, -0.1) is 0 Å². The van der Waals surface area contributed by atoms with Crippen molar-refractivity contribution in [1.82, 2.24) is 9.97 Å². The third-order valence-electron chi connectivity index (χ3n) is 2.39. The third kappa shape index (κ3) is 3.28. The summed E-state index contributed by atoms with van der Waals surface area (Å²) in [6.45, 7) is 2.83. The monoisotopic (exact) mass is 238 g/mol. The average Bonchev–Trinajstić information content (AvgIpc) is 2.38. The van der Waals surface area contributed by atoms with Gasteiger partial charge in [-0.25, -0.2) is 9.97 Å². The minimum atomic E-state index is -0.927. The first-order valence-corrected chi connectivity index (χ1v) is 5.36. The van der Waals surface area contributed by atoms with Crippen molar-refractivity contribution in [1.29, 1.82) is 0 Å². The molecule has 0 radical (unpaired) electrons. The molecular weight excluding hydrogens is 224 g/mol. The Morgan fingerprint density at radius 1 is 1.41 bits per heavy atom. The molecule has 2 heterocycles. The Morgan fingerprint density at radius 3 is 2.76 bits per heavy atom. The van der Waals surface area contributed by atoms with E-state index in [2.05, 4.69) is 20.2 Å². The number of morpholine rings is 1. The Kier molecular flexibility index (Phi) is 3.71. The topological polar surface area (TPSA) is 87.6 Å². The maximum Gasteiger partial charge on any atom is 0.322 e. The molecule has 1 aromatic rings. The first-order valence-electron chi connectivity index (χ1n) is 5.36. The molecule has 0 saturated carbocycles. The van der Waals surface area contributed by atoms with Crippen LogP contribution in [0.1, 0.15) is 0 Å². The highest BCUT2D eigenvalue weighted by Gasteiger charge is 2.12. The lowest BCUT2D eigenvalue weighted by Gasteiger charge is -2.27. The number of aromatic nitrogens is 2. The van der Waals surface area contributed by atoms with Crippen LogP contribution in [0.15, 0.2) is 12.4 Å². The highest BCUT2D eigenvalue weighted by molar-refractivity contribution is 5.72. The second-order valence-electron chi connectivity index (χ2n) is 3.61. The molecule has 0 spiro atoms. The number of aliphatic carboxylic acids is 1. The molecule has 0 bridgehead atoms. The van der Waals surface area contributed by atoms with Gasteiger partial charge in [-0.2, -0.15) is 0 Å². The van der Waals surface area contributed by atoms with Gasteiger partial charge in [-0.05, 0) is 0 Å². The van der Waals surface area contributed by atoms with Gasteiger partial charge < -0.3 is 20.1 Å². The number of hydrogen-bond donors (Lipinski definition) is 2. The molecule has 1 saturated heterocycles. The Labute approximate surface area is 98.4 Å². The van der Waals surface area contributed by atoms with Crippen LogP contribution in [0, 0.1) is 0 Å². The molecule has 1 aliphatic heterocycles. The van der Waals surface area contributed by atoms with Crippen LogP contribution in [-0.2, 0) is 9.53 Å². The minimum Gasteiger partial charge on any atom is -0.480 e. The summed E-state index contributed by atoms with van der Waals surface area (Å²) in [5.74, 6) is 0.322. The molecule has 0 unspecified atom stereocenters. The van der Waals surface area contributed by atoms with Gasteiger partial charge >= 0.3 is 5.97 Å². The van der Waals surface area contributed by atoms with Crippen LogP contribution in [0.5, 0.6) is 0 Å². The lowest BCUT2D eigenvalue weighted by atomic mass is 10.4. The van der Waals surface area contributed by atoms with E-state index in [-0.39, 0.29) is 6.54 Å². The van der Waals surface area contributed by atoms with Crippen molar-refractivity contribution in [2.24, 2.45) is 0 Å². The van der Waals surface area contributed by atoms with Crippen LogP contribution >= 0.6 is 0 Å². The zero-order valence-electron chi connectivity index (χ0n) is 9.30. The first-order chi connectivity index (χ1) is 8.25. The molecule has 0 aliphatic carbocycles. The van der Waals surface area contributed by atoms with E-state index in [0.717, 1.165) is 18.9 Å². The fourth-order valence-corrected chi connectivity index (χ4v) is 1.53. The number of hydrogen-bond acceptors (Lipinski definition) is 6. The SMILES string of the molecule is O=C(O)CNc1cnc(N2CCOCC2)cn1. The van der Waals surface area contributed by atoms with E-state index in [0.29, 0.717) is 19.0 Å². The van der Waals surface area contributed by atoms with E-state index in [9.17, 15) is 4.79 Å². The predicted octanol–water partition coefficient (Wildman–Crippen LogP) is -0.190. The lowest BCUT2D eigenvalue weighted by Crippen LogP contribution is -2.36. The Morgan fingerprint density at radius 2 is 2.18 bits per heavy atom. The zero-order chi connectivity index (χ0) is 12.1. The standard InChI is InChI=1S/C10H14N4O3/c15-10(16)7-12-8-5-13-9(6-11-8)14-1-3-17-4-2-14/h5-6H,1-4,7H2,(H,11,12)(H,15,16). The fourth-order valence-electron chi connectivity index (χ4n) is 1.53. The van der Waals surface area contributed by atoms with E-state index in [1.165, 1.54) is 6.20 Å². The second kappa shape index (κ2) is 5.44. The van der Waals surface area contributed by atoms with Crippen LogP contribution in [0.4, 0.5) is 11.6 Å². The van der Waals surface area contributed by atoms with Crippen molar-refractivity contribution in [2.75, 3.05) is 43.1 Å². The molecule has 0 amide bonds. The van der Waals surface area contributed by atoms with Crippen molar-refractivity contribution in [3.05, 3.63) is 12.4 Å². The number of nitrogens with one attached hydrogen (secondary N) is 1. The molecule has 0 aromatic carbocycles. The normalized spacial score (nSPS) is 15.6. The molecule has 1 aromatic heterocycles. The number of ether oxygens (including phenoxy) is 1. The van der Waals surface area contributed by atoms with Crippen molar-refractivity contribution >= 4 is 17.6 Å². The van der Waals surface area contributed by atoms with Crippen molar-refractivity contribution < 1.29 is 14.6 Å². The number of anilines is 2. The van der Waals surface area contributed by atoms with E-state index in [4.69, 9.17) is 9.84 Å². The highest BCUT2D eigenvalue weighted by Crippen LogP contribution is 2.12. The summed E-state index contributed by atoms with van der Waals surface area (Å²) in [6.07, 6.45) is 3.17. The Balaban J connectivity index is 1.94. The first kappa shape index (κ1) is 11.6. The van der Waals surface area contributed by atoms with Crippen molar-refractivity contribution in [3.63, 3.8) is 0 Å². The van der Waals surface area contributed by atoms with Gasteiger partial charge in [0.05, 0.1) is 25.6 Å². The van der Waals surface area contributed by atoms with Gasteiger partial charge in [-0.3, -0.25) is 4.79 Å². The zero-order valence-corrected chi connectivity index (χ0v) is 9.30. The third-order valence-corrected chi connectivity index (χ3v) is 2.39. The van der Waals surface area contributed by atoms with Gasteiger partial charge in [0, 0.05) is 13.1 Å². The van der Waals surface area contributed by atoms with Gasteiger partial charge in [0.15, 0.2) is 0 Å². The fraction of sp³-hybridized carbons (Fsp3) is 0.500. The summed E-state index contributed by atoms with van der Waals surface area (Å²) >= 11 is 0. The number of carboxylic acid groups (broad SMARTS) is 1. The molecule has 2 rings (SSSR count). The summed E-state index contributed by atoms with van der Waals surface area (Å²) in [6, 6.07) is 0. The molecule has 1 aliphatic rings. The van der Waals surface area contributed by atoms with Crippen molar-refractivity contribution in [2.45, 2.75) is 0 Å². The van der Waals surface area contributed by atoms with Gasteiger partial charge in [-0.1, -0.05) is 0 Å². The molecule has 17 heavy (non-hydrogen) atoms. The second-order valence-corrected chi connectivity index (χ2v) is 3.61. The number of rotatable bonds is 4. The largest absolute Gasteiger partial charge is 0.480 e. The Hall–Kier alpha value is -1.89. The van der Waals surface area contributed by atoms with Crippen LogP contribution in [-0.4, -0.2) is 53.9 Å². The minimum absolute atomic E-state index is 0.161. The van der Waals surface area contributed by atoms with Crippen LogP contribution < -0.4 is 10.2 Å². The molecular formula is C10H14N4O3. The van der Waals surface area contributed by atoms with Crippen LogP contribution in [0.25, 0.3) is 0 Å². The molecule has 0 atom stereocenters. The molecule has 1 fully saturated rings. The number of carboxylic acids is 1. The number of nitrogens with zero attached hydrogens (tertiary/aromatic N) is 3. The van der Waals surface area contributed by atoms with E-state index in [1.54, 1.807) is 6.20 Å². The summed E-state index contributed by atoms with van der Waals surface area (Å²) in [7, 11) is 0. The van der Waals surface area contributed by atoms with Crippen LogP contribution in [0.2, 0.25) is 0 Å². The summed E-state index contributed by atoms with van der Waals surface area (Å²) in [5, 5.41) is 11.2. The molecule has 2 N–H and O–H groups in total. The molecule has 7 nitrogen and oxygen atoms in total. The van der Waals surface area contributed by atoms with Crippen molar-refractivity contribution in [3.8, 4) is 0 Å². The van der Waals surface area contributed by atoms with Gasteiger partial charge in [0.1, 0.15) is 18.2 Å². The van der Waals surface area contributed by atoms with E-state index >= 15 is 0 Å². The lowest BCUT2D eigenvalue weighted by molar-refractivity contribution is -0.134. The average molecular weight is 238 g/mol. The van der Waals surface area contributed by atoms with E-state index < -0.39 is 5.97 Å². The quantitative estimate of drug-likeness (QED) is 0.751. The molecule has 7 heteroatoms. The van der Waals surface area contributed by atoms with Crippen LogP contribution in [0.3, 0.4) is 0 Å². The van der Waals surface area contributed by atoms with E-state index in [1.807, 2.05) is 0 Å². The maximum atomic E-state index is 10.4. The highest BCUT2D eigenvalue weighted by atomic mass is 16.5. The predicted molar refractivity (Wildman–Crippen MR) is 61.2 cm³/mol. The number of carbonyl (C=O) groups is 1. The Bertz CT molecular complexity index is 376. The summed E-state index contributed by atoms with van der Waals surface area (Å²) < 4.78 is 5.24. The summed E-state index contributed by atoms with van der Waals surface area (Å²) in [5.41, 5.74) is 0. The van der Waals surface area contributed by atoms with Gasteiger partial charge in [0.2, 0.25) is 0 Å². The maximum absolute atomic E-state index is 10.4. The van der Waals surface area contributed by atoms with Gasteiger partial charge in [0.25, 0.3) is 0 Å². The smallest absolute Gasteiger partial charge is 0.322 e. The summed E-state index contributed by atoms with van der Waals surface area (Å²) in [4.78, 5) is 20.8. The molecule has 92 valence electrons.